The zero-order chi connectivity index (χ0) is 14.0. The maximum Gasteiger partial charge on any atom is 0.165 e. The molecule has 0 bridgehead atoms. The van der Waals surface area contributed by atoms with Crippen LogP contribution < -0.4 is 4.74 Å². The number of halogens is 2. The number of hydrogen-bond acceptors (Lipinski definition) is 1. The topological polar surface area (TPSA) is 9.23 Å². The Morgan fingerprint density at radius 1 is 1.00 bits per heavy atom. The van der Waals surface area contributed by atoms with Gasteiger partial charge in [0.2, 0.25) is 0 Å². The van der Waals surface area contributed by atoms with Crippen molar-refractivity contribution >= 4 is 0 Å². The van der Waals surface area contributed by atoms with Crippen LogP contribution in [-0.4, -0.2) is 7.11 Å². The van der Waals surface area contributed by atoms with Crippen molar-refractivity contribution in [2.45, 2.75) is 19.8 Å². The molecule has 2 aromatic rings. The van der Waals surface area contributed by atoms with Gasteiger partial charge >= 0.3 is 0 Å². The molecular weight excluding hydrogens is 246 g/mol. The summed E-state index contributed by atoms with van der Waals surface area (Å²) in [6.07, 6.45) is 0. The van der Waals surface area contributed by atoms with Crippen LogP contribution >= 0.6 is 0 Å². The van der Waals surface area contributed by atoms with Crippen molar-refractivity contribution in [3.05, 3.63) is 53.6 Å². The van der Waals surface area contributed by atoms with E-state index in [0.29, 0.717) is 5.56 Å². The third kappa shape index (κ3) is 2.75. The highest BCUT2D eigenvalue weighted by Crippen LogP contribution is 2.32. The molecule has 0 aliphatic rings. The first-order valence-corrected chi connectivity index (χ1v) is 6.16. The summed E-state index contributed by atoms with van der Waals surface area (Å²) in [6.45, 7) is 4.05. The normalized spacial score (nSPS) is 10.8. The molecule has 1 nitrogen and oxygen atoms in total. The molecule has 100 valence electrons. The molecule has 2 rings (SSSR count). The fraction of sp³-hybridized carbons (Fsp3) is 0.250. The summed E-state index contributed by atoms with van der Waals surface area (Å²) in [6, 6.07) is 9.29. The van der Waals surface area contributed by atoms with Crippen LogP contribution in [0.2, 0.25) is 0 Å². The second-order valence-corrected chi connectivity index (χ2v) is 4.74. The first-order chi connectivity index (χ1) is 9.02. The number of rotatable bonds is 3. The summed E-state index contributed by atoms with van der Waals surface area (Å²) in [4.78, 5) is 0. The fourth-order valence-corrected chi connectivity index (χ4v) is 2.12. The molecule has 0 aliphatic carbocycles. The number of methoxy groups -OCH3 is 1. The van der Waals surface area contributed by atoms with Gasteiger partial charge in [0.15, 0.2) is 11.6 Å². The van der Waals surface area contributed by atoms with Gasteiger partial charge in [0.1, 0.15) is 5.82 Å². The zero-order valence-electron chi connectivity index (χ0n) is 11.2. The third-order valence-electron chi connectivity index (χ3n) is 3.10. The van der Waals surface area contributed by atoms with E-state index in [2.05, 4.69) is 0 Å². The molecule has 0 spiro atoms. The summed E-state index contributed by atoms with van der Waals surface area (Å²) >= 11 is 0. The fourth-order valence-electron chi connectivity index (χ4n) is 2.12. The Morgan fingerprint density at radius 3 is 2.32 bits per heavy atom. The molecule has 0 atom stereocenters. The van der Waals surface area contributed by atoms with Gasteiger partial charge in [-0.1, -0.05) is 26.0 Å². The molecule has 0 fully saturated rings. The predicted molar refractivity (Wildman–Crippen MR) is 72.4 cm³/mol. The van der Waals surface area contributed by atoms with E-state index in [4.69, 9.17) is 4.74 Å². The van der Waals surface area contributed by atoms with Crippen LogP contribution in [0.5, 0.6) is 5.75 Å². The summed E-state index contributed by atoms with van der Waals surface area (Å²) in [5, 5.41) is 0. The van der Waals surface area contributed by atoms with Gasteiger partial charge in [-0.2, -0.15) is 0 Å². The van der Waals surface area contributed by atoms with Crippen LogP contribution in [0.3, 0.4) is 0 Å². The highest BCUT2D eigenvalue weighted by atomic mass is 19.1. The van der Waals surface area contributed by atoms with Gasteiger partial charge in [0.05, 0.1) is 7.11 Å². The Labute approximate surface area is 111 Å². The van der Waals surface area contributed by atoms with Gasteiger partial charge in [0, 0.05) is 0 Å². The lowest BCUT2D eigenvalue weighted by molar-refractivity contribution is 0.386. The lowest BCUT2D eigenvalue weighted by atomic mass is 9.92. The van der Waals surface area contributed by atoms with E-state index in [9.17, 15) is 8.78 Å². The first-order valence-electron chi connectivity index (χ1n) is 6.16. The Bertz CT molecular complexity index is 591. The van der Waals surface area contributed by atoms with Crippen molar-refractivity contribution in [3.8, 4) is 16.9 Å². The van der Waals surface area contributed by atoms with Crippen molar-refractivity contribution in [3.63, 3.8) is 0 Å². The number of benzene rings is 2. The lowest BCUT2D eigenvalue weighted by Crippen LogP contribution is -1.95. The smallest absolute Gasteiger partial charge is 0.165 e. The molecule has 0 radical (unpaired) electrons. The van der Waals surface area contributed by atoms with Crippen molar-refractivity contribution in [1.29, 1.82) is 0 Å². The molecular formula is C16H16F2O. The minimum atomic E-state index is -0.445. The third-order valence-corrected chi connectivity index (χ3v) is 3.10. The van der Waals surface area contributed by atoms with Crippen molar-refractivity contribution in [1.82, 2.24) is 0 Å². The SMILES string of the molecule is COc1ccc(-c2cc(F)ccc2C(C)C)cc1F. The van der Waals surface area contributed by atoms with Gasteiger partial charge in [-0.3, -0.25) is 0 Å². The van der Waals surface area contributed by atoms with Crippen LogP contribution in [0.15, 0.2) is 36.4 Å². The molecule has 19 heavy (non-hydrogen) atoms. The maximum atomic E-state index is 13.8. The highest BCUT2D eigenvalue weighted by Gasteiger charge is 2.12. The molecule has 2 aromatic carbocycles. The van der Waals surface area contributed by atoms with Gasteiger partial charge in [-0.25, -0.2) is 8.78 Å². The van der Waals surface area contributed by atoms with Gasteiger partial charge < -0.3 is 4.74 Å². The lowest BCUT2D eigenvalue weighted by Gasteiger charge is -2.14. The Morgan fingerprint density at radius 2 is 1.74 bits per heavy atom. The summed E-state index contributed by atoms with van der Waals surface area (Å²) < 4.78 is 32.1. The second kappa shape index (κ2) is 5.39. The zero-order valence-corrected chi connectivity index (χ0v) is 11.2. The van der Waals surface area contributed by atoms with E-state index in [1.165, 1.54) is 25.3 Å². The molecule has 0 N–H and O–H groups in total. The van der Waals surface area contributed by atoms with Crippen LogP contribution in [0.1, 0.15) is 25.3 Å². The average molecular weight is 262 g/mol. The van der Waals surface area contributed by atoms with Crippen molar-refractivity contribution < 1.29 is 13.5 Å². The maximum absolute atomic E-state index is 13.8. The highest BCUT2D eigenvalue weighted by molar-refractivity contribution is 5.69. The molecule has 0 unspecified atom stereocenters. The predicted octanol–water partition coefficient (Wildman–Crippen LogP) is 4.76. The molecule has 0 heterocycles. The number of hydrogen-bond donors (Lipinski definition) is 0. The van der Waals surface area contributed by atoms with E-state index in [1.807, 2.05) is 13.8 Å². The van der Waals surface area contributed by atoms with Crippen LogP contribution in [0, 0.1) is 11.6 Å². The Hall–Kier alpha value is -1.90. The molecule has 0 aliphatic heterocycles. The van der Waals surface area contributed by atoms with Crippen molar-refractivity contribution in [2.75, 3.05) is 7.11 Å². The van der Waals surface area contributed by atoms with E-state index in [-0.39, 0.29) is 17.5 Å². The summed E-state index contributed by atoms with van der Waals surface area (Å²) in [7, 11) is 1.42. The van der Waals surface area contributed by atoms with E-state index < -0.39 is 5.82 Å². The van der Waals surface area contributed by atoms with Gasteiger partial charge in [-0.05, 0) is 46.9 Å². The minimum absolute atomic E-state index is 0.186. The van der Waals surface area contributed by atoms with Gasteiger partial charge in [0.25, 0.3) is 0 Å². The largest absolute Gasteiger partial charge is 0.494 e. The quantitative estimate of drug-likeness (QED) is 0.774. The van der Waals surface area contributed by atoms with Crippen LogP contribution in [0.25, 0.3) is 11.1 Å². The summed E-state index contributed by atoms with van der Waals surface area (Å²) in [5.74, 6) is -0.346. The Kier molecular flexibility index (Phi) is 3.84. The van der Waals surface area contributed by atoms with E-state index >= 15 is 0 Å². The van der Waals surface area contributed by atoms with E-state index in [1.54, 1.807) is 18.2 Å². The Balaban J connectivity index is 2.57. The molecule has 3 heteroatoms. The average Bonchev–Trinajstić information content (AvgIpc) is 2.38. The van der Waals surface area contributed by atoms with E-state index in [0.717, 1.165) is 11.1 Å². The molecule has 0 saturated heterocycles. The molecule has 0 saturated carbocycles. The first kappa shape index (κ1) is 13.5. The van der Waals surface area contributed by atoms with Crippen molar-refractivity contribution in [2.24, 2.45) is 0 Å². The monoisotopic (exact) mass is 262 g/mol. The standard InChI is InChI=1S/C16H16F2O/c1-10(2)13-6-5-12(17)9-14(13)11-4-7-16(19-3)15(18)8-11/h4-10H,1-3H3. The van der Waals surface area contributed by atoms with Crippen LogP contribution in [0.4, 0.5) is 8.78 Å². The van der Waals surface area contributed by atoms with Gasteiger partial charge in [-0.15, -0.1) is 0 Å². The molecule has 0 amide bonds. The second-order valence-electron chi connectivity index (χ2n) is 4.74. The molecule has 0 aromatic heterocycles. The summed E-state index contributed by atoms with van der Waals surface area (Å²) in [5.41, 5.74) is 2.36. The minimum Gasteiger partial charge on any atom is -0.494 e. The van der Waals surface area contributed by atoms with Crippen LogP contribution in [-0.2, 0) is 0 Å². The number of ether oxygens (including phenoxy) is 1.